The smallest absolute Gasteiger partial charge is 0.229 e. The lowest BCUT2D eigenvalue weighted by molar-refractivity contribution is -0.117. The number of furan rings is 1. The highest BCUT2D eigenvalue weighted by Gasteiger charge is 2.44. The summed E-state index contributed by atoms with van der Waals surface area (Å²) in [6.45, 7) is 3.83. The monoisotopic (exact) mass is 342 g/mol. The third-order valence-corrected chi connectivity index (χ3v) is 5.09. The van der Waals surface area contributed by atoms with Crippen LogP contribution in [-0.4, -0.2) is 20.7 Å². The van der Waals surface area contributed by atoms with Crippen molar-refractivity contribution in [2.45, 2.75) is 26.2 Å². The van der Waals surface area contributed by atoms with E-state index in [9.17, 15) is 4.79 Å². The fourth-order valence-electron chi connectivity index (χ4n) is 3.02. The molecule has 1 saturated carbocycles. The Morgan fingerprint density at radius 3 is 2.96 bits per heavy atom. The zero-order chi connectivity index (χ0) is 16.8. The first-order chi connectivity index (χ1) is 11.5. The number of amides is 1. The lowest BCUT2D eigenvalue weighted by Crippen LogP contribution is -2.14. The summed E-state index contributed by atoms with van der Waals surface area (Å²) in [4.78, 5) is 16.9. The zero-order valence-corrected chi connectivity index (χ0v) is 14.6. The maximum absolute atomic E-state index is 12.4. The molecule has 2 atom stereocenters. The van der Waals surface area contributed by atoms with Crippen LogP contribution in [0.4, 0.5) is 5.13 Å². The van der Waals surface area contributed by atoms with Crippen LogP contribution < -0.4 is 5.32 Å². The molecule has 3 aromatic rings. The normalized spacial score (nSPS) is 19.5. The van der Waals surface area contributed by atoms with Crippen LogP contribution >= 0.6 is 11.3 Å². The minimum absolute atomic E-state index is 0.0134. The summed E-state index contributed by atoms with van der Waals surface area (Å²) < 4.78 is 7.31. The van der Waals surface area contributed by atoms with Crippen LogP contribution in [0.25, 0.3) is 11.3 Å². The Morgan fingerprint density at radius 2 is 2.29 bits per heavy atom. The topological polar surface area (TPSA) is 73.0 Å². The maximum Gasteiger partial charge on any atom is 0.229 e. The lowest BCUT2D eigenvalue weighted by Gasteiger charge is -2.00. The van der Waals surface area contributed by atoms with Gasteiger partial charge < -0.3 is 9.73 Å². The van der Waals surface area contributed by atoms with E-state index in [1.165, 1.54) is 11.3 Å². The van der Waals surface area contributed by atoms with Gasteiger partial charge in [0.15, 0.2) is 5.13 Å². The van der Waals surface area contributed by atoms with Crippen molar-refractivity contribution in [3.05, 3.63) is 40.9 Å². The van der Waals surface area contributed by atoms with E-state index in [1.807, 2.05) is 44.7 Å². The fourth-order valence-corrected chi connectivity index (χ4v) is 3.74. The molecule has 1 N–H and O–H groups in total. The molecule has 0 unspecified atom stereocenters. The first-order valence-corrected chi connectivity index (χ1v) is 8.71. The number of carbonyl (C=O) groups is 1. The SMILES string of the molecule is Cc1cc(-c2csc(NC(=O)[C@H]3C[C@@H]3c3cnn(C)c3)n2)c(C)o1. The van der Waals surface area contributed by atoms with Gasteiger partial charge in [0.25, 0.3) is 0 Å². The molecule has 0 aromatic carbocycles. The van der Waals surface area contributed by atoms with Crippen molar-refractivity contribution in [2.24, 2.45) is 13.0 Å². The second-order valence-corrected chi connectivity index (χ2v) is 7.11. The predicted molar refractivity (Wildman–Crippen MR) is 92.0 cm³/mol. The number of nitrogens with one attached hydrogen (secondary N) is 1. The minimum atomic E-state index is 0.0134. The quantitative estimate of drug-likeness (QED) is 0.787. The third kappa shape index (κ3) is 2.75. The fraction of sp³-hybridized carbons (Fsp3) is 0.353. The number of aryl methyl sites for hydroxylation is 3. The molecule has 3 heterocycles. The molecule has 7 heteroatoms. The van der Waals surface area contributed by atoms with Crippen molar-refractivity contribution >= 4 is 22.4 Å². The third-order valence-electron chi connectivity index (χ3n) is 4.33. The molecule has 0 aliphatic heterocycles. The van der Waals surface area contributed by atoms with Gasteiger partial charge >= 0.3 is 0 Å². The molecular formula is C17H18N4O2S. The van der Waals surface area contributed by atoms with E-state index in [2.05, 4.69) is 15.4 Å². The first-order valence-electron chi connectivity index (χ1n) is 7.83. The zero-order valence-electron chi connectivity index (χ0n) is 13.7. The standard InChI is InChI=1S/C17H18N4O2S/c1-9-4-12(10(2)23-9)15-8-24-17(19-15)20-16(22)14-5-13(14)11-6-18-21(3)7-11/h4,6-8,13-14H,5H2,1-3H3,(H,19,20,22)/t13-,14+/m1/s1. The molecule has 1 fully saturated rings. The van der Waals surface area contributed by atoms with Crippen LogP contribution in [0.15, 0.2) is 28.3 Å². The number of thiazole rings is 1. The van der Waals surface area contributed by atoms with Crippen LogP contribution in [0.1, 0.15) is 29.4 Å². The summed E-state index contributed by atoms with van der Waals surface area (Å²) in [7, 11) is 1.89. The summed E-state index contributed by atoms with van der Waals surface area (Å²) in [5, 5.41) is 9.68. The van der Waals surface area contributed by atoms with Crippen molar-refractivity contribution < 1.29 is 9.21 Å². The molecule has 1 amide bonds. The summed E-state index contributed by atoms with van der Waals surface area (Å²) >= 11 is 1.44. The van der Waals surface area contributed by atoms with E-state index in [0.29, 0.717) is 5.13 Å². The number of nitrogens with zero attached hydrogens (tertiary/aromatic N) is 3. The maximum atomic E-state index is 12.4. The van der Waals surface area contributed by atoms with Crippen molar-refractivity contribution in [3.63, 3.8) is 0 Å². The molecule has 124 valence electrons. The highest BCUT2D eigenvalue weighted by molar-refractivity contribution is 7.14. The van der Waals surface area contributed by atoms with Gasteiger partial charge in [0.2, 0.25) is 5.91 Å². The van der Waals surface area contributed by atoms with Gasteiger partial charge in [-0.2, -0.15) is 5.10 Å². The molecule has 3 aromatic heterocycles. The second kappa shape index (κ2) is 5.59. The van der Waals surface area contributed by atoms with Gasteiger partial charge in [-0.1, -0.05) is 0 Å². The van der Waals surface area contributed by atoms with Crippen molar-refractivity contribution in [2.75, 3.05) is 5.32 Å². The van der Waals surface area contributed by atoms with E-state index in [0.717, 1.165) is 34.8 Å². The average Bonchev–Trinajstić information content (AvgIpc) is 2.82. The minimum Gasteiger partial charge on any atom is -0.466 e. The van der Waals surface area contributed by atoms with Gasteiger partial charge in [-0.25, -0.2) is 4.98 Å². The van der Waals surface area contributed by atoms with Crippen molar-refractivity contribution in [1.82, 2.24) is 14.8 Å². The van der Waals surface area contributed by atoms with Crippen LogP contribution in [0.5, 0.6) is 0 Å². The molecular weight excluding hydrogens is 324 g/mol. The van der Waals surface area contributed by atoms with E-state index >= 15 is 0 Å². The molecule has 1 aliphatic rings. The Labute approximate surface area is 143 Å². The largest absolute Gasteiger partial charge is 0.466 e. The van der Waals surface area contributed by atoms with Crippen molar-refractivity contribution in [3.8, 4) is 11.3 Å². The number of carbonyl (C=O) groups excluding carboxylic acids is 1. The molecule has 4 rings (SSSR count). The average molecular weight is 342 g/mol. The first kappa shape index (κ1) is 15.1. The number of anilines is 1. The summed E-state index contributed by atoms with van der Waals surface area (Å²) in [6, 6.07) is 1.97. The van der Waals surface area contributed by atoms with Crippen LogP contribution in [0.3, 0.4) is 0 Å². The molecule has 0 spiro atoms. The van der Waals surface area contributed by atoms with Gasteiger partial charge in [0, 0.05) is 30.1 Å². The highest BCUT2D eigenvalue weighted by atomic mass is 32.1. The van der Waals surface area contributed by atoms with Gasteiger partial charge in [0.05, 0.1) is 11.9 Å². The Hall–Kier alpha value is -2.41. The number of hydrogen-bond acceptors (Lipinski definition) is 5. The molecule has 24 heavy (non-hydrogen) atoms. The van der Waals surface area contributed by atoms with Crippen LogP contribution in [-0.2, 0) is 11.8 Å². The molecule has 0 saturated heterocycles. The van der Waals surface area contributed by atoms with E-state index in [1.54, 1.807) is 4.68 Å². The number of rotatable bonds is 4. The van der Waals surface area contributed by atoms with Gasteiger partial charge in [-0.15, -0.1) is 11.3 Å². The lowest BCUT2D eigenvalue weighted by atomic mass is 10.2. The second-order valence-electron chi connectivity index (χ2n) is 6.25. The summed E-state index contributed by atoms with van der Waals surface area (Å²) in [5.74, 6) is 2.02. The predicted octanol–water partition coefficient (Wildman–Crippen LogP) is 3.50. The Bertz CT molecular complexity index is 907. The molecule has 1 aliphatic carbocycles. The molecule has 6 nitrogen and oxygen atoms in total. The number of hydrogen-bond donors (Lipinski definition) is 1. The summed E-state index contributed by atoms with van der Waals surface area (Å²) in [5.41, 5.74) is 2.94. The van der Waals surface area contributed by atoms with Crippen LogP contribution in [0.2, 0.25) is 0 Å². The number of aromatic nitrogens is 3. The van der Waals surface area contributed by atoms with Crippen LogP contribution in [0, 0.1) is 19.8 Å². The Kier molecular flexibility index (Phi) is 3.53. The van der Waals surface area contributed by atoms with Crippen molar-refractivity contribution in [1.29, 1.82) is 0 Å². The molecule has 0 bridgehead atoms. The molecule has 0 radical (unpaired) electrons. The summed E-state index contributed by atoms with van der Waals surface area (Å²) in [6.07, 6.45) is 4.68. The van der Waals surface area contributed by atoms with Gasteiger partial charge in [-0.05, 0) is 37.8 Å². The Morgan fingerprint density at radius 1 is 1.46 bits per heavy atom. The Balaban J connectivity index is 1.43. The van der Waals surface area contributed by atoms with E-state index < -0.39 is 0 Å². The highest BCUT2D eigenvalue weighted by Crippen LogP contribution is 2.48. The van der Waals surface area contributed by atoms with E-state index in [4.69, 9.17) is 4.42 Å². The van der Waals surface area contributed by atoms with Gasteiger partial charge in [0.1, 0.15) is 11.5 Å². The van der Waals surface area contributed by atoms with E-state index in [-0.39, 0.29) is 17.7 Å². The van der Waals surface area contributed by atoms with Gasteiger partial charge in [-0.3, -0.25) is 9.48 Å².